The van der Waals surface area contributed by atoms with Gasteiger partial charge >= 0.3 is 0 Å². The number of aliphatic hydroxyl groups excluding tert-OH is 1. The highest BCUT2D eigenvalue weighted by atomic mass is 35.5. The van der Waals surface area contributed by atoms with E-state index < -0.39 is 6.10 Å². The molecule has 0 fully saturated rings. The molecule has 0 spiro atoms. The van der Waals surface area contributed by atoms with Gasteiger partial charge in [0.1, 0.15) is 6.10 Å². The highest BCUT2D eigenvalue weighted by Gasteiger charge is 2.13. The Bertz CT molecular complexity index is 508. The molecule has 1 atom stereocenters. The highest BCUT2D eigenvalue weighted by molar-refractivity contribution is 6.31. The van der Waals surface area contributed by atoms with E-state index in [1.807, 2.05) is 25.1 Å². The zero-order chi connectivity index (χ0) is 15.1. The maximum Gasteiger partial charge on any atom is 0.191 e. The van der Waals surface area contributed by atoms with E-state index >= 15 is 0 Å². The van der Waals surface area contributed by atoms with Gasteiger partial charge in [-0.15, -0.1) is 0 Å². The second-order valence-corrected chi connectivity index (χ2v) is 5.45. The third-order valence-corrected chi connectivity index (χ3v) is 3.72. The summed E-state index contributed by atoms with van der Waals surface area (Å²) in [7, 11) is 0. The minimum Gasteiger partial charge on any atom is -0.386 e. The Morgan fingerprint density at radius 1 is 1.38 bits per heavy atom. The monoisotopic (exact) mass is 307 g/mol. The Hall–Kier alpha value is -1.52. The van der Waals surface area contributed by atoms with Gasteiger partial charge in [0.2, 0.25) is 0 Å². The van der Waals surface area contributed by atoms with Crippen molar-refractivity contribution in [3.05, 3.63) is 47.0 Å². The molecule has 3 N–H and O–H groups in total. The van der Waals surface area contributed by atoms with Crippen molar-refractivity contribution in [2.45, 2.75) is 31.9 Å². The molecule has 0 heterocycles. The van der Waals surface area contributed by atoms with Crippen LogP contribution in [0, 0.1) is 0 Å². The predicted molar refractivity (Wildman–Crippen MR) is 87.7 cm³/mol. The number of hydrogen-bond donors (Lipinski definition) is 3. The molecular formula is C16H22ClN3O. The normalized spacial score (nSPS) is 17.0. The van der Waals surface area contributed by atoms with Crippen LogP contribution in [0.5, 0.6) is 0 Å². The summed E-state index contributed by atoms with van der Waals surface area (Å²) in [5.41, 5.74) is 0.710. The molecule has 4 nitrogen and oxygen atoms in total. The summed E-state index contributed by atoms with van der Waals surface area (Å²) in [5.74, 6) is 0.734. The van der Waals surface area contributed by atoms with Gasteiger partial charge in [-0.1, -0.05) is 42.0 Å². The van der Waals surface area contributed by atoms with E-state index in [1.54, 1.807) is 6.07 Å². The van der Waals surface area contributed by atoms with Crippen molar-refractivity contribution >= 4 is 17.6 Å². The number of benzene rings is 1. The molecule has 1 aromatic rings. The number of nitrogens with zero attached hydrogens (tertiary/aromatic N) is 1. The van der Waals surface area contributed by atoms with Crippen LogP contribution in [0.2, 0.25) is 5.02 Å². The Morgan fingerprint density at radius 3 is 2.76 bits per heavy atom. The van der Waals surface area contributed by atoms with Crippen LogP contribution in [-0.2, 0) is 0 Å². The molecule has 0 amide bonds. The second kappa shape index (κ2) is 8.05. The smallest absolute Gasteiger partial charge is 0.191 e. The number of guanidine groups is 1. The Labute approximate surface area is 130 Å². The number of nitrogens with one attached hydrogen (secondary N) is 2. The SMILES string of the molecule is CCNC(=NCC(O)c1ccccc1Cl)NC1CC=CC1. The van der Waals surface area contributed by atoms with E-state index in [0.717, 1.165) is 25.3 Å². The fourth-order valence-electron chi connectivity index (χ4n) is 2.27. The van der Waals surface area contributed by atoms with E-state index in [0.29, 0.717) is 16.6 Å². The quantitative estimate of drug-likeness (QED) is 0.445. The van der Waals surface area contributed by atoms with Gasteiger partial charge in [0.15, 0.2) is 5.96 Å². The summed E-state index contributed by atoms with van der Waals surface area (Å²) in [4.78, 5) is 4.45. The van der Waals surface area contributed by atoms with Crippen molar-refractivity contribution in [3.63, 3.8) is 0 Å². The van der Waals surface area contributed by atoms with Crippen LogP contribution in [0.4, 0.5) is 0 Å². The minimum absolute atomic E-state index is 0.277. The average molecular weight is 308 g/mol. The maximum absolute atomic E-state index is 10.2. The van der Waals surface area contributed by atoms with E-state index in [2.05, 4.69) is 27.8 Å². The zero-order valence-electron chi connectivity index (χ0n) is 12.2. The largest absolute Gasteiger partial charge is 0.386 e. The molecule has 0 bridgehead atoms. The van der Waals surface area contributed by atoms with Crippen molar-refractivity contribution in [2.24, 2.45) is 4.99 Å². The molecule has 0 radical (unpaired) electrons. The molecule has 1 aromatic carbocycles. The van der Waals surface area contributed by atoms with Crippen molar-refractivity contribution < 1.29 is 5.11 Å². The molecule has 1 unspecified atom stereocenters. The van der Waals surface area contributed by atoms with Crippen LogP contribution in [-0.4, -0.2) is 30.2 Å². The van der Waals surface area contributed by atoms with E-state index in [-0.39, 0.29) is 6.54 Å². The van der Waals surface area contributed by atoms with E-state index in [1.165, 1.54) is 0 Å². The first kappa shape index (κ1) is 15.9. The van der Waals surface area contributed by atoms with Gasteiger partial charge in [-0.25, -0.2) is 0 Å². The standard InChI is InChI=1S/C16H22ClN3O/c1-2-18-16(20-12-7-3-4-8-12)19-11-15(21)13-9-5-6-10-14(13)17/h3-6,9-10,12,15,21H,2,7-8,11H2,1H3,(H2,18,19,20). The third kappa shape index (κ3) is 4.76. The summed E-state index contributed by atoms with van der Waals surface area (Å²) in [6, 6.07) is 7.70. The van der Waals surface area contributed by atoms with Gasteiger partial charge in [-0.3, -0.25) is 4.99 Å². The number of halogens is 1. The number of aliphatic imine (C=N–C) groups is 1. The molecule has 0 aromatic heterocycles. The predicted octanol–water partition coefficient (Wildman–Crippen LogP) is 2.65. The molecule has 2 rings (SSSR count). The van der Waals surface area contributed by atoms with Gasteiger partial charge in [-0.2, -0.15) is 0 Å². The maximum atomic E-state index is 10.2. The summed E-state index contributed by atoms with van der Waals surface area (Å²) in [6.07, 6.45) is 5.66. The van der Waals surface area contributed by atoms with E-state index in [4.69, 9.17) is 11.6 Å². The average Bonchev–Trinajstić information content (AvgIpc) is 2.98. The fourth-order valence-corrected chi connectivity index (χ4v) is 2.53. The lowest BCUT2D eigenvalue weighted by Crippen LogP contribution is -2.42. The first-order valence-electron chi connectivity index (χ1n) is 7.33. The number of rotatable bonds is 5. The summed E-state index contributed by atoms with van der Waals surface area (Å²) >= 11 is 6.09. The number of hydrogen-bond acceptors (Lipinski definition) is 2. The van der Waals surface area contributed by atoms with Crippen LogP contribution < -0.4 is 10.6 Å². The minimum atomic E-state index is -0.698. The first-order chi connectivity index (χ1) is 10.2. The summed E-state index contributed by atoms with van der Waals surface area (Å²) in [6.45, 7) is 3.09. The Morgan fingerprint density at radius 2 is 2.10 bits per heavy atom. The van der Waals surface area contributed by atoms with Gasteiger partial charge in [0, 0.05) is 23.2 Å². The van der Waals surface area contributed by atoms with Gasteiger partial charge in [0.25, 0.3) is 0 Å². The highest BCUT2D eigenvalue weighted by Crippen LogP contribution is 2.22. The zero-order valence-corrected chi connectivity index (χ0v) is 13.0. The van der Waals surface area contributed by atoms with Crippen molar-refractivity contribution in [1.82, 2.24) is 10.6 Å². The van der Waals surface area contributed by atoms with E-state index in [9.17, 15) is 5.11 Å². The molecule has 0 saturated carbocycles. The van der Waals surface area contributed by atoms with Gasteiger partial charge < -0.3 is 15.7 Å². The molecule has 1 aliphatic carbocycles. The molecule has 0 aliphatic heterocycles. The van der Waals surface area contributed by atoms with Crippen LogP contribution >= 0.6 is 11.6 Å². The molecule has 21 heavy (non-hydrogen) atoms. The topological polar surface area (TPSA) is 56.7 Å². The van der Waals surface area contributed by atoms with Crippen molar-refractivity contribution in [1.29, 1.82) is 0 Å². The van der Waals surface area contributed by atoms with Crippen molar-refractivity contribution in [2.75, 3.05) is 13.1 Å². The second-order valence-electron chi connectivity index (χ2n) is 5.04. The molecule has 114 valence electrons. The number of aliphatic hydroxyl groups is 1. The fraction of sp³-hybridized carbons (Fsp3) is 0.438. The van der Waals surface area contributed by atoms with Gasteiger partial charge in [0.05, 0.1) is 6.54 Å². The summed E-state index contributed by atoms with van der Waals surface area (Å²) in [5, 5.41) is 17.4. The van der Waals surface area contributed by atoms with Crippen LogP contribution in [0.25, 0.3) is 0 Å². The molecule has 0 saturated heterocycles. The van der Waals surface area contributed by atoms with Crippen LogP contribution in [0.15, 0.2) is 41.4 Å². The third-order valence-electron chi connectivity index (χ3n) is 3.38. The lowest BCUT2D eigenvalue weighted by Gasteiger charge is -2.17. The lowest BCUT2D eigenvalue weighted by molar-refractivity contribution is 0.187. The Kier molecular flexibility index (Phi) is 6.08. The molecule has 1 aliphatic rings. The van der Waals surface area contributed by atoms with Crippen LogP contribution in [0.3, 0.4) is 0 Å². The molecule has 5 heteroatoms. The van der Waals surface area contributed by atoms with Crippen LogP contribution in [0.1, 0.15) is 31.4 Å². The Balaban J connectivity index is 1.96. The first-order valence-corrected chi connectivity index (χ1v) is 7.70. The lowest BCUT2D eigenvalue weighted by atomic mass is 10.1. The van der Waals surface area contributed by atoms with Gasteiger partial charge in [-0.05, 0) is 25.8 Å². The summed E-state index contributed by atoms with van der Waals surface area (Å²) < 4.78 is 0. The van der Waals surface area contributed by atoms with Crippen molar-refractivity contribution in [3.8, 4) is 0 Å². The molecular weight excluding hydrogens is 286 g/mol.